The fourth-order valence-electron chi connectivity index (χ4n) is 2.70. The molecule has 0 unspecified atom stereocenters. The third-order valence-corrected chi connectivity index (χ3v) is 7.22. The zero-order valence-corrected chi connectivity index (χ0v) is 18.4. The quantitative estimate of drug-likeness (QED) is 0.497. The molecule has 0 aliphatic carbocycles. The van der Waals surface area contributed by atoms with Crippen molar-refractivity contribution in [2.24, 2.45) is 0 Å². The Balaban J connectivity index is 1.80. The maximum Gasteiger partial charge on any atom is 0.244 e. The molecular formula is C20H18BrFN2O3S2. The number of nitrogens with one attached hydrogen (secondary N) is 2. The summed E-state index contributed by atoms with van der Waals surface area (Å²) in [6, 6.07) is 16.7. The molecule has 0 fully saturated rings. The molecule has 0 aliphatic rings. The summed E-state index contributed by atoms with van der Waals surface area (Å²) in [4.78, 5) is 13.2. The van der Waals surface area contributed by atoms with Gasteiger partial charge < -0.3 is 5.32 Å². The first-order chi connectivity index (χ1) is 13.8. The molecule has 1 atom stereocenters. The van der Waals surface area contributed by atoms with Crippen molar-refractivity contribution in [1.29, 1.82) is 0 Å². The van der Waals surface area contributed by atoms with E-state index in [0.717, 1.165) is 20.3 Å². The average molecular weight is 497 g/mol. The minimum absolute atomic E-state index is 0.133. The van der Waals surface area contributed by atoms with Crippen LogP contribution >= 0.6 is 27.3 Å². The molecule has 1 heterocycles. The van der Waals surface area contributed by atoms with Crippen LogP contribution in [0, 0.1) is 5.82 Å². The molecule has 1 amide bonds. The van der Waals surface area contributed by atoms with E-state index in [0.29, 0.717) is 0 Å². The Hall–Kier alpha value is -2.07. The first-order valence-electron chi connectivity index (χ1n) is 8.68. The van der Waals surface area contributed by atoms with Gasteiger partial charge in [-0.05, 0) is 52.2 Å². The minimum atomic E-state index is -4.22. The van der Waals surface area contributed by atoms with Crippen LogP contribution in [0.2, 0.25) is 0 Å². The highest BCUT2D eigenvalue weighted by molar-refractivity contribution is 9.11. The molecule has 3 rings (SSSR count). The zero-order valence-electron chi connectivity index (χ0n) is 15.1. The first kappa shape index (κ1) is 21.6. The number of hydrogen-bond acceptors (Lipinski definition) is 4. The number of benzene rings is 2. The Morgan fingerprint density at radius 3 is 2.38 bits per heavy atom. The molecule has 5 nitrogen and oxygen atoms in total. The van der Waals surface area contributed by atoms with E-state index in [2.05, 4.69) is 26.0 Å². The van der Waals surface area contributed by atoms with Gasteiger partial charge in [0.05, 0.1) is 10.3 Å². The molecule has 0 aliphatic heterocycles. The molecule has 29 heavy (non-hydrogen) atoms. The molecular weight excluding hydrogens is 479 g/mol. The summed E-state index contributed by atoms with van der Waals surface area (Å²) in [5.41, 5.74) is 0.780. The molecule has 1 aromatic heterocycles. The zero-order chi connectivity index (χ0) is 20.9. The van der Waals surface area contributed by atoms with Crippen molar-refractivity contribution in [2.75, 3.05) is 0 Å². The van der Waals surface area contributed by atoms with Crippen molar-refractivity contribution >= 4 is 43.2 Å². The van der Waals surface area contributed by atoms with Crippen molar-refractivity contribution in [1.82, 2.24) is 10.0 Å². The number of sulfonamides is 1. The number of amides is 1. The maximum absolute atomic E-state index is 14.0. The SMILES string of the molecule is O=C(NCc1ccc(Br)s1)[C@H](Cc1ccccc1)NS(=O)(=O)c1ccccc1F. The van der Waals surface area contributed by atoms with Crippen molar-refractivity contribution in [2.45, 2.75) is 23.9 Å². The van der Waals surface area contributed by atoms with Gasteiger partial charge in [0.25, 0.3) is 0 Å². The first-order valence-corrected chi connectivity index (χ1v) is 11.8. The van der Waals surface area contributed by atoms with Crippen LogP contribution in [0.5, 0.6) is 0 Å². The summed E-state index contributed by atoms with van der Waals surface area (Å²) in [5.74, 6) is -1.36. The minimum Gasteiger partial charge on any atom is -0.350 e. The summed E-state index contributed by atoms with van der Waals surface area (Å²) in [6.07, 6.45) is 0.133. The van der Waals surface area contributed by atoms with E-state index in [4.69, 9.17) is 0 Å². The van der Waals surface area contributed by atoms with Gasteiger partial charge in [0.2, 0.25) is 15.9 Å². The second-order valence-corrected chi connectivity index (χ2v) is 10.4. The lowest BCUT2D eigenvalue weighted by atomic mass is 10.1. The van der Waals surface area contributed by atoms with Crippen molar-refractivity contribution < 1.29 is 17.6 Å². The summed E-state index contributed by atoms with van der Waals surface area (Å²) in [7, 11) is -4.22. The van der Waals surface area contributed by atoms with Gasteiger partial charge in [0, 0.05) is 4.88 Å². The second-order valence-electron chi connectivity index (χ2n) is 6.22. The van der Waals surface area contributed by atoms with Crippen molar-refractivity contribution in [3.05, 3.63) is 86.8 Å². The van der Waals surface area contributed by atoms with E-state index in [9.17, 15) is 17.6 Å². The topological polar surface area (TPSA) is 75.3 Å². The number of hydrogen-bond donors (Lipinski definition) is 2. The number of rotatable bonds is 8. The van der Waals surface area contributed by atoms with Gasteiger partial charge in [0.15, 0.2) is 0 Å². The van der Waals surface area contributed by atoms with E-state index >= 15 is 0 Å². The Kier molecular flexibility index (Phi) is 7.18. The van der Waals surface area contributed by atoms with Gasteiger partial charge in [0.1, 0.15) is 16.8 Å². The van der Waals surface area contributed by atoms with Crippen LogP contribution in [-0.2, 0) is 27.8 Å². The Labute approximate surface area is 181 Å². The molecule has 2 aromatic carbocycles. The van der Waals surface area contributed by atoms with Gasteiger partial charge in [-0.25, -0.2) is 12.8 Å². The lowest BCUT2D eigenvalue weighted by Gasteiger charge is -2.19. The summed E-state index contributed by atoms with van der Waals surface area (Å²) in [6.45, 7) is 0.266. The highest BCUT2D eigenvalue weighted by Gasteiger charge is 2.27. The molecule has 0 radical (unpaired) electrons. The Morgan fingerprint density at radius 1 is 1.03 bits per heavy atom. The summed E-state index contributed by atoms with van der Waals surface area (Å²) >= 11 is 4.83. The van der Waals surface area contributed by atoms with Gasteiger partial charge in [-0.2, -0.15) is 4.72 Å². The molecule has 2 N–H and O–H groups in total. The van der Waals surface area contributed by atoms with E-state index in [1.54, 1.807) is 24.3 Å². The predicted molar refractivity (Wildman–Crippen MR) is 115 cm³/mol. The summed E-state index contributed by atoms with van der Waals surface area (Å²) in [5, 5.41) is 2.75. The third-order valence-electron chi connectivity index (χ3n) is 4.09. The molecule has 0 spiro atoms. The van der Waals surface area contributed by atoms with E-state index in [1.807, 2.05) is 18.2 Å². The maximum atomic E-state index is 14.0. The summed E-state index contributed by atoms with van der Waals surface area (Å²) < 4.78 is 42.7. The van der Waals surface area contributed by atoms with Crippen LogP contribution in [0.3, 0.4) is 0 Å². The third kappa shape index (κ3) is 5.96. The lowest BCUT2D eigenvalue weighted by molar-refractivity contribution is -0.122. The molecule has 9 heteroatoms. The van der Waals surface area contributed by atoms with E-state index < -0.39 is 32.7 Å². The van der Waals surface area contributed by atoms with Gasteiger partial charge in [-0.1, -0.05) is 42.5 Å². The number of carbonyl (C=O) groups is 1. The molecule has 3 aromatic rings. The van der Waals surface area contributed by atoms with Crippen LogP contribution in [0.4, 0.5) is 4.39 Å². The second kappa shape index (κ2) is 9.62. The highest BCUT2D eigenvalue weighted by Crippen LogP contribution is 2.22. The van der Waals surface area contributed by atoms with E-state index in [-0.39, 0.29) is 13.0 Å². The predicted octanol–water partition coefficient (Wildman–Crippen LogP) is 3.86. The Bertz CT molecular complexity index is 1090. The van der Waals surface area contributed by atoms with Crippen LogP contribution in [0.25, 0.3) is 0 Å². The van der Waals surface area contributed by atoms with E-state index in [1.165, 1.54) is 29.5 Å². The number of halogens is 2. The van der Waals surface area contributed by atoms with Crippen molar-refractivity contribution in [3.63, 3.8) is 0 Å². The Morgan fingerprint density at radius 2 is 1.72 bits per heavy atom. The van der Waals surface area contributed by atoms with Crippen LogP contribution < -0.4 is 10.0 Å². The van der Waals surface area contributed by atoms with Crippen LogP contribution in [-0.4, -0.2) is 20.4 Å². The fraction of sp³-hybridized carbons (Fsp3) is 0.150. The van der Waals surface area contributed by atoms with Gasteiger partial charge in [-0.3, -0.25) is 4.79 Å². The largest absolute Gasteiger partial charge is 0.350 e. The van der Waals surface area contributed by atoms with Gasteiger partial charge >= 0.3 is 0 Å². The molecule has 0 bridgehead atoms. The fourth-order valence-corrected chi connectivity index (χ4v) is 5.39. The number of thiophene rings is 1. The smallest absolute Gasteiger partial charge is 0.244 e. The highest BCUT2D eigenvalue weighted by atomic mass is 79.9. The molecule has 0 saturated carbocycles. The van der Waals surface area contributed by atoms with Crippen LogP contribution in [0.15, 0.2) is 75.4 Å². The van der Waals surface area contributed by atoms with Crippen LogP contribution in [0.1, 0.15) is 10.4 Å². The monoisotopic (exact) mass is 496 g/mol. The normalized spacial score (nSPS) is 12.5. The van der Waals surface area contributed by atoms with Crippen molar-refractivity contribution in [3.8, 4) is 0 Å². The van der Waals surface area contributed by atoms with Gasteiger partial charge in [-0.15, -0.1) is 11.3 Å². The molecule has 0 saturated heterocycles. The number of carbonyl (C=O) groups excluding carboxylic acids is 1. The standard InChI is InChI=1S/C20H18BrFN2O3S2/c21-19-11-10-15(28-19)13-23-20(25)17(12-14-6-2-1-3-7-14)24-29(26,27)18-9-5-4-8-16(18)22/h1-11,17,24H,12-13H2,(H,23,25)/t17-/m0/s1. The lowest BCUT2D eigenvalue weighted by Crippen LogP contribution is -2.47. The molecule has 152 valence electrons. The average Bonchev–Trinajstić information content (AvgIpc) is 3.11.